The molecule has 1 aromatic carbocycles. The number of hydrogen-bond donors (Lipinski definition) is 2. The van der Waals surface area contributed by atoms with Crippen LogP contribution in [0.2, 0.25) is 0 Å². The maximum Gasteiger partial charge on any atom is 0.407 e. The van der Waals surface area contributed by atoms with Gasteiger partial charge >= 0.3 is 12.1 Å². The van der Waals surface area contributed by atoms with E-state index in [4.69, 9.17) is 9.84 Å². The standard InChI is InChI=1S/C16H23NO4/c1-3-4-10-16(2,11-14(18)19)17-15(20)21-12-13-8-6-5-7-9-13/h5-9H,3-4,10-12H2,1-2H3,(H,17,20)(H,18,19). The zero-order valence-electron chi connectivity index (χ0n) is 12.6. The number of rotatable bonds is 8. The van der Waals surface area contributed by atoms with Crippen LogP contribution in [0, 0.1) is 0 Å². The lowest BCUT2D eigenvalue weighted by atomic mass is 9.91. The second-order valence-corrected chi connectivity index (χ2v) is 5.42. The largest absolute Gasteiger partial charge is 0.481 e. The number of carbonyl (C=O) groups excluding carboxylic acids is 1. The Balaban J connectivity index is 2.53. The maximum absolute atomic E-state index is 11.9. The predicted octanol–water partition coefficient (Wildman–Crippen LogP) is 3.34. The van der Waals surface area contributed by atoms with Gasteiger partial charge in [0, 0.05) is 0 Å². The van der Waals surface area contributed by atoms with E-state index in [1.807, 2.05) is 37.3 Å². The van der Waals surface area contributed by atoms with Crippen LogP contribution in [0.1, 0.15) is 45.1 Å². The van der Waals surface area contributed by atoms with Crippen LogP contribution in [0.5, 0.6) is 0 Å². The highest BCUT2D eigenvalue weighted by Gasteiger charge is 2.29. The minimum absolute atomic E-state index is 0.118. The van der Waals surface area contributed by atoms with Crippen LogP contribution >= 0.6 is 0 Å². The normalized spacial score (nSPS) is 13.2. The van der Waals surface area contributed by atoms with E-state index >= 15 is 0 Å². The van der Waals surface area contributed by atoms with Gasteiger partial charge in [0.2, 0.25) is 0 Å². The Labute approximate surface area is 125 Å². The van der Waals surface area contributed by atoms with Crippen molar-refractivity contribution in [2.24, 2.45) is 0 Å². The number of amides is 1. The fourth-order valence-corrected chi connectivity index (χ4v) is 2.10. The lowest BCUT2D eigenvalue weighted by molar-refractivity contribution is -0.138. The summed E-state index contributed by atoms with van der Waals surface area (Å²) in [5, 5.41) is 11.7. The van der Waals surface area contributed by atoms with Crippen LogP contribution in [0.3, 0.4) is 0 Å². The molecule has 116 valence electrons. The fourth-order valence-electron chi connectivity index (χ4n) is 2.10. The number of unbranched alkanes of at least 4 members (excludes halogenated alkanes) is 1. The number of aliphatic carboxylic acids is 1. The van der Waals surface area contributed by atoms with E-state index in [1.54, 1.807) is 6.92 Å². The van der Waals surface area contributed by atoms with E-state index in [1.165, 1.54) is 0 Å². The molecule has 5 heteroatoms. The van der Waals surface area contributed by atoms with Crippen molar-refractivity contribution in [3.63, 3.8) is 0 Å². The molecule has 0 aromatic heterocycles. The molecule has 0 heterocycles. The number of ether oxygens (including phenoxy) is 1. The molecule has 21 heavy (non-hydrogen) atoms. The van der Waals surface area contributed by atoms with Crippen LogP contribution in [0.4, 0.5) is 4.79 Å². The Morgan fingerprint density at radius 3 is 2.52 bits per heavy atom. The number of hydrogen-bond acceptors (Lipinski definition) is 3. The topological polar surface area (TPSA) is 75.6 Å². The molecule has 0 radical (unpaired) electrons. The van der Waals surface area contributed by atoms with E-state index in [0.29, 0.717) is 6.42 Å². The highest BCUT2D eigenvalue weighted by Crippen LogP contribution is 2.18. The predicted molar refractivity (Wildman–Crippen MR) is 79.9 cm³/mol. The lowest BCUT2D eigenvalue weighted by Gasteiger charge is -2.28. The Kier molecular flexibility index (Phi) is 6.72. The third-order valence-corrected chi connectivity index (χ3v) is 3.24. The maximum atomic E-state index is 11.9. The summed E-state index contributed by atoms with van der Waals surface area (Å²) in [6.45, 7) is 3.93. The molecule has 0 saturated carbocycles. The molecule has 0 aliphatic carbocycles. The van der Waals surface area contributed by atoms with Crippen LogP contribution in [0.15, 0.2) is 30.3 Å². The molecule has 0 aliphatic rings. The summed E-state index contributed by atoms with van der Waals surface area (Å²) in [5.41, 5.74) is 0.108. The Hall–Kier alpha value is -2.04. The summed E-state index contributed by atoms with van der Waals surface area (Å²) in [5.74, 6) is -0.933. The van der Waals surface area contributed by atoms with Crippen molar-refractivity contribution in [3.05, 3.63) is 35.9 Å². The molecule has 0 spiro atoms. The first kappa shape index (κ1) is 17.0. The number of carboxylic acid groups (broad SMARTS) is 1. The summed E-state index contributed by atoms with van der Waals surface area (Å²) in [4.78, 5) is 22.8. The first-order chi connectivity index (χ1) is 9.95. The number of carbonyl (C=O) groups is 2. The molecule has 0 bridgehead atoms. The average molecular weight is 293 g/mol. The number of benzene rings is 1. The minimum atomic E-state index is -0.933. The molecule has 1 unspecified atom stereocenters. The SMILES string of the molecule is CCCCC(C)(CC(=O)O)NC(=O)OCc1ccccc1. The van der Waals surface area contributed by atoms with E-state index in [0.717, 1.165) is 18.4 Å². The van der Waals surface area contributed by atoms with E-state index in [9.17, 15) is 9.59 Å². The molecular formula is C16H23NO4. The Morgan fingerprint density at radius 1 is 1.29 bits per heavy atom. The van der Waals surface area contributed by atoms with Gasteiger partial charge in [-0.05, 0) is 18.9 Å². The van der Waals surface area contributed by atoms with Crippen LogP contribution in [-0.2, 0) is 16.1 Å². The molecule has 2 N–H and O–H groups in total. The molecule has 1 aromatic rings. The van der Waals surface area contributed by atoms with E-state index < -0.39 is 17.6 Å². The molecule has 0 aliphatic heterocycles. The summed E-state index contributed by atoms with van der Waals surface area (Å²) >= 11 is 0. The Morgan fingerprint density at radius 2 is 1.95 bits per heavy atom. The van der Waals surface area contributed by atoms with Gasteiger partial charge in [0.05, 0.1) is 12.0 Å². The van der Waals surface area contributed by atoms with Gasteiger partial charge < -0.3 is 15.2 Å². The zero-order chi connectivity index (χ0) is 15.7. The van der Waals surface area contributed by atoms with Gasteiger partial charge in [0.15, 0.2) is 0 Å². The van der Waals surface area contributed by atoms with Crippen LogP contribution < -0.4 is 5.32 Å². The summed E-state index contributed by atoms with van der Waals surface area (Å²) in [6, 6.07) is 9.35. The minimum Gasteiger partial charge on any atom is -0.481 e. The summed E-state index contributed by atoms with van der Waals surface area (Å²) in [7, 11) is 0. The fraction of sp³-hybridized carbons (Fsp3) is 0.500. The van der Waals surface area contributed by atoms with Gasteiger partial charge in [0.1, 0.15) is 6.61 Å². The van der Waals surface area contributed by atoms with Gasteiger partial charge in [-0.3, -0.25) is 4.79 Å². The third-order valence-electron chi connectivity index (χ3n) is 3.24. The monoisotopic (exact) mass is 293 g/mol. The molecule has 1 amide bonds. The van der Waals surface area contributed by atoms with Gasteiger partial charge in [0.25, 0.3) is 0 Å². The van der Waals surface area contributed by atoms with Crippen molar-refractivity contribution in [1.82, 2.24) is 5.32 Å². The molecule has 0 saturated heterocycles. The molecular weight excluding hydrogens is 270 g/mol. The quantitative estimate of drug-likeness (QED) is 0.770. The third kappa shape index (κ3) is 6.79. The smallest absolute Gasteiger partial charge is 0.407 e. The molecule has 1 atom stereocenters. The van der Waals surface area contributed by atoms with Crippen molar-refractivity contribution >= 4 is 12.1 Å². The second-order valence-electron chi connectivity index (χ2n) is 5.42. The van der Waals surface area contributed by atoms with Gasteiger partial charge in [-0.2, -0.15) is 0 Å². The summed E-state index contributed by atoms with van der Waals surface area (Å²) < 4.78 is 5.14. The van der Waals surface area contributed by atoms with Crippen molar-refractivity contribution in [2.45, 2.75) is 51.7 Å². The molecule has 1 rings (SSSR count). The second kappa shape index (κ2) is 8.29. The molecule has 5 nitrogen and oxygen atoms in total. The van der Waals surface area contributed by atoms with Crippen molar-refractivity contribution in [2.75, 3.05) is 0 Å². The highest BCUT2D eigenvalue weighted by molar-refractivity contribution is 5.72. The summed E-state index contributed by atoms with van der Waals surface area (Å²) in [6.07, 6.45) is 1.70. The van der Waals surface area contributed by atoms with E-state index in [2.05, 4.69) is 5.32 Å². The number of alkyl carbamates (subject to hydrolysis) is 1. The van der Waals surface area contributed by atoms with Crippen molar-refractivity contribution < 1.29 is 19.4 Å². The number of carboxylic acids is 1. The van der Waals surface area contributed by atoms with Crippen molar-refractivity contribution in [3.8, 4) is 0 Å². The van der Waals surface area contributed by atoms with Gasteiger partial charge in [-0.1, -0.05) is 50.1 Å². The lowest BCUT2D eigenvalue weighted by Crippen LogP contribution is -2.47. The van der Waals surface area contributed by atoms with Crippen LogP contribution in [0.25, 0.3) is 0 Å². The van der Waals surface area contributed by atoms with Gasteiger partial charge in [-0.15, -0.1) is 0 Å². The molecule has 0 fully saturated rings. The van der Waals surface area contributed by atoms with Crippen LogP contribution in [-0.4, -0.2) is 22.7 Å². The van der Waals surface area contributed by atoms with E-state index in [-0.39, 0.29) is 13.0 Å². The highest BCUT2D eigenvalue weighted by atomic mass is 16.5. The first-order valence-electron chi connectivity index (χ1n) is 7.16. The number of nitrogens with one attached hydrogen (secondary N) is 1. The average Bonchev–Trinajstić information content (AvgIpc) is 2.43. The van der Waals surface area contributed by atoms with Crippen molar-refractivity contribution in [1.29, 1.82) is 0 Å². The Bertz CT molecular complexity index is 461. The first-order valence-corrected chi connectivity index (χ1v) is 7.16. The van der Waals surface area contributed by atoms with Gasteiger partial charge in [-0.25, -0.2) is 4.79 Å². The zero-order valence-corrected chi connectivity index (χ0v) is 12.6.